The Morgan fingerprint density at radius 2 is 1.93 bits per heavy atom. The maximum Gasteiger partial charge on any atom is 0.229 e. The Morgan fingerprint density at radius 3 is 2.72 bits per heavy atom. The second-order valence-electron chi connectivity index (χ2n) is 6.26. The van der Waals surface area contributed by atoms with Crippen LogP contribution in [-0.2, 0) is 16.4 Å². The lowest BCUT2D eigenvalue weighted by atomic mass is 10.3. The molecule has 0 radical (unpaired) electrons. The SMILES string of the molecule is O=S(=O)(c1ccccc1)c1nnn2c1nc(NCc1cccnc1)c1sccc12. The molecule has 1 N–H and O–H groups in total. The summed E-state index contributed by atoms with van der Waals surface area (Å²) < 4.78 is 28.5. The van der Waals surface area contributed by atoms with Crippen molar-refractivity contribution in [3.63, 3.8) is 0 Å². The van der Waals surface area contributed by atoms with Gasteiger partial charge in [-0.15, -0.1) is 16.4 Å². The number of hydrogen-bond acceptors (Lipinski definition) is 8. The zero-order valence-corrected chi connectivity index (χ0v) is 16.6. The first-order valence-corrected chi connectivity index (χ1v) is 11.1. The van der Waals surface area contributed by atoms with Crippen LogP contribution in [0.15, 0.2) is 76.2 Å². The molecule has 0 aliphatic rings. The van der Waals surface area contributed by atoms with Crippen LogP contribution in [0.2, 0.25) is 0 Å². The van der Waals surface area contributed by atoms with Gasteiger partial charge in [-0.3, -0.25) is 4.98 Å². The standard InChI is InChI=1S/C19H14N6O2S2/c26-29(27,14-6-2-1-3-7-14)19-18-22-17(21-12-13-5-4-9-20-11-13)16-15(8-10-28-16)25(18)24-23-19/h1-11H,12H2,(H,21,22). The highest BCUT2D eigenvalue weighted by atomic mass is 32.2. The van der Waals surface area contributed by atoms with Crippen molar-refractivity contribution in [2.45, 2.75) is 16.5 Å². The topological polar surface area (TPSA) is 102 Å². The van der Waals surface area contributed by atoms with E-state index in [0.717, 1.165) is 15.8 Å². The molecule has 29 heavy (non-hydrogen) atoms. The van der Waals surface area contributed by atoms with Crippen LogP contribution < -0.4 is 5.32 Å². The number of rotatable bonds is 5. The van der Waals surface area contributed by atoms with Crippen molar-refractivity contribution in [1.82, 2.24) is 24.8 Å². The smallest absolute Gasteiger partial charge is 0.229 e. The number of aromatic nitrogens is 5. The number of thiophene rings is 1. The van der Waals surface area contributed by atoms with E-state index in [2.05, 4.69) is 25.6 Å². The first-order valence-electron chi connectivity index (χ1n) is 8.70. The van der Waals surface area contributed by atoms with Gasteiger partial charge in [-0.25, -0.2) is 13.4 Å². The van der Waals surface area contributed by atoms with Crippen LogP contribution in [-0.4, -0.2) is 33.2 Å². The van der Waals surface area contributed by atoms with Crippen molar-refractivity contribution in [2.24, 2.45) is 0 Å². The quantitative estimate of drug-likeness (QED) is 0.464. The highest BCUT2D eigenvalue weighted by Crippen LogP contribution is 2.31. The zero-order chi connectivity index (χ0) is 19.8. The first-order chi connectivity index (χ1) is 14.1. The molecule has 4 heterocycles. The molecule has 0 unspecified atom stereocenters. The fourth-order valence-electron chi connectivity index (χ4n) is 3.02. The highest BCUT2D eigenvalue weighted by Gasteiger charge is 2.27. The van der Waals surface area contributed by atoms with Crippen LogP contribution in [0.25, 0.3) is 15.9 Å². The van der Waals surface area contributed by atoms with Gasteiger partial charge < -0.3 is 5.32 Å². The van der Waals surface area contributed by atoms with Gasteiger partial charge in [-0.05, 0) is 35.2 Å². The summed E-state index contributed by atoms with van der Waals surface area (Å²) in [7, 11) is -3.85. The second-order valence-corrected chi connectivity index (χ2v) is 9.04. The summed E-state index contributed by atoms with van der Waals surface area (Å²) in [5.74, 6) is 0.582. The summed E-state index contributed by atoms with van der Waals surface area (Å²) in [5, 5.41) is 13.1. The van der Waals surface area contributed by atoms with Crippen LogP contribution in [0, 0.1) is 0 Å². The molecular formula is C19H14N6O2S2. The van der Waals surface area contributed by atoms with E-state index in [0.29, 0.717) is 12.4 Å². The summed E-state index contributed by atoms with van der Waals surface area (Å²) >= 11 is 1.50. The minimum Gasteiger partial charge on any atom is -0.365 e. The van der Waals surface area contributed by atoms with Gasteiger partial charge in [0, 0.05) is 18.9 Å². The van der Waals surface area contributed by atoms with Gasteiger partial charge in [0.1, 0.15) is 5.82 Å². The molecule has 0 fully saturated rings. The number of nitrogens with zero attached hydrogens (tertiary/aromatic N) is 5. The lowest BCUT2D eigenvalue weighted by molar-refractivity contribution is 0.592. The van der Waals surface area contributed by atoms with E-state index < -0.39 is 9.84 Å². The number of sulfone groups is 1. The lowest BCUT2D eigenvalue weighted by Crippen LogP contribution is -2.06. The molecule has 10 heteroatoms. The van der Waals surface area contributed by atoms with Gasteiger partial charge in [-0.2, -0.15) is 4.52 Å². The normalized spacial score (nSPS) is 11.9. The van der Waals surface area contributed by atoms with E-state index in [1.165, 1.54) is 28.0 Å². The molecule has 0 atom stereocenters. The summed E-state index contributed by atoms with van der Waals surface area (Å²) in [5.41, 5.74) is 1.92. The molecular weight excluding hydrogens is 408 g/mol. The van der Waals surface area contributed by atoms with E-state index >= 15 is 0 Å². The minimum atomic E-state index is -3.85. The Kier molecular flexibility index (Phi) is 4.22. The minimum absolute atomic E-state index is 0.152. The number of pyridine rings is 1. The molecule has 8 nitrogen and oxygen atoms in total. The highest BCUT2D eigenvalue weighted by molar-refractivity contribution is 7.91. The molecule has 5 rings (SSSR count). The molecule has 4 aromatic heterocycles. The Balaban J connectivity index is 1.65. The maximum absolute atomic E-state index is 13.1. The van der Waals surface area contributed by atoms with E-state index in [4.69, 9.17) is 0 Å². The number of fused-ring (bicyclic) bond motifs is 3. The fraction of sp³-hybridized carbons (Fsp3) is 0.0526. The van der Waals surface area contributed by atoms with Crippen LogP contribution in [0.1, 0.15) is 5.56 Å². The average molecular weight is 422 g/mol. The molecule has 0 bridgehead atoms. The monoisotopic (exact) mass is 422 g/mol. The van der Waals surface area contributed by atoms with E-state index in [1.54, 1.807) is 30.6 Å². The average Bonchev–Trinajstić information content (AvgIpc) is 3.40. The zero-order valence-electron chi connectivity index (χ0n) is 14.9. The van der Waals surface area contributed by atoms with Crippen LogP contribution >= 0.6 is 11.3 Å². The van der Waals surface area contributed by atoms with E-state index in [9.17, 15) is 8.42 Å². The number of benzene rings is 1. The molecule has 0 spiro atoms. The summed E-state index contributed by atoms with van der Waals surface area (Å²) in [4.78, 5) is 8.84. The molecule has 0 amide bonds. The molecule has 0 aliphatic heterocycles. The van der Waals surface area contributed by atoms with Crippen LogP contribution in [0.4, 0.5) is 5.82 Å². The van der Waals surface area contributed by atoms with Crippen molar-refractivity contribution in [2.75, 3.05) is 5.32 Å². The van der Waals surface area contributed by atoms with Crippen molar-refractivity contribution < 1.29 is 8.42 Å². The third-order valence-electron chi connectivity index (χ3n) is 4.41. The van der Waals surface area contributed by atoms with Gasteiger partial charge in [0.05, 0.1) is 15.1 Å². The van der Waals surface area contributed by atoms with E-state index in [-0.39, 0.29) is 15.6 Å². The molecule has 0 aliphatic carbocycles. The van der Waals surface area contributed by atoms with Crippen molar-refractivity contribution in [3.05, 3.63) is 71.9 Å². The Labute approximate surface area is 169 Å². The maximum atomic E-state index is 13.1. The number of nitrogens with one attached hydrogen (secondary N) is 1. The van der Waals surface area contributed by atoms with Gasteiger partial charge in [0.15, 0.2) is 5.65 Å². The Morgan fingerprint density at radius 1 is 1.07 bits per heavy atom. The molecule has 0 saturated carbocycles. The van der Waals surface area contributed by atoms with E-state index in [1.807, 2.05) is 23.6 Å². The van der Waals surface area contributed by atoms with Gasteiger partial charge in [0.25, 0.3) is 0 Å². The van der Waals surface area contributed by atoms with Gasteiger partial charge in [-0.1, -0.05) is 29.5 Å². The fourth-order valence-corrected chi connectivity index (χ4v) is 5.11. The number of anilines is 1. The van der Waals surface area contributed by atoms with Crippen LogP contribution in [0.3, 0.4) is 0 Å². The van der Waals surface area contributed by atoms with Crippen molar-refractivity contribution in [1.29, 1.82) is 0 Å². The second kappa shape index (κ2) is 6.90. The largest absolute Gasteiger partial charge is 0.365 e. The predicted molar refractivity (Wildman–Crippen MR) is 110 cm³/mol. The Hall–Kier alpha value is -3.37. The third-order valence-corrected chi connectivity index (χ3v) is 6.99. The third kappa shape index (κ3) is 3.02. The number of hydrogen-bond donors (Lipinski definition) is 1. The Bertz CT molecular complexity index is 1410. The van der Waals surface area contributed by atoms with Crippen molar-refractivity contribution in [3.8, 4) is 0 Å². The molecule has 144 valence electrons. The van der Waals surface area contributed by atoms with Crippen LogP contribution in [0.5, 0.6) is 0 Å². The summed E-state index contributed by atoms with van der Waals surface area (Å²) in [6.45, 7) is 0.506. The van der Waals surface area contributed by atoms with Gasteiger partial charge in [0.2, 0.25) is 14.9 Å². The predicted octanol–water partition coefficient (Wildman–Crippen LogP) is 3.18. The van der Waals surface area contributed by atoms with Gasteiger partial charge >= 0.3 is 0 Å². The molecule has 1 aromatic carbocycles. The summed E-state index contributed by atoms with van der Waals surface area (Å²) in [6.07, 6.45) is 3.48. The van der Waals surface area contributed by atoms with Crippen molar-refractivity contribution >= 4 is 42.9 Å². The molecule has 5 aromatic rings. The lowest BCUT2D eigenvalue weighted by Gasteiger charge is -2.08. The molecule has 0 saturated heterocycles. The first kappa shape index (κ1) is 17.7. The summed E-state index contributed by atoms with van der Waals surface area (Å²) in [6, 6.07) is 13.9.